The third kappa shape index (κ3) is 2.33. The Morgan fingerprint density at radius 3 is 2.33 bits per heavy atom. The minimum absolute atomic E-state index is 0.164. The van der Waals surface area contributed by atoms with Crippen molar-refractivity contribution in [1.29, 1.82) is 0 Å². The molecule has 0 spiro atoms. The smallest absolute Gasteiger partial charge is 0.245 e. The summed E-state index contributed by atoms with van der Waals surface area (Å²) in [6, 6.07) is 0.319. The standard InChI is InChI=1S/C8H15NOS2/c1-6(2)9(3)7(10)8-11-4-5-12-8/h6,8H,4-5H2,1-3H3. The van der Waals surface area contributed by atoms with E-state index in [0.717, 1.165) is 11.5 Å². The summed E-state index contributed by atoms with van der Waals surface area (Å²) >= 11 is 3.54. The summed E-state index contributed by atoms with van der Waals surface area (Å²) < 4.78 is 0.164. The summed E-state index contributed by atoms with van der Waals surface area (Å²) in [5, 5.41) is 0. The maximum Gasteiger partial charge on any atom is 0.245 e. The Bertz CT molecular complexity index is 162. The van der Waals surface area contributed by atoms with E-state index < -0.39 is 0 Å². The predicted octanol–water partition coefficient (Wildman–Crippen LogP) is 1.66. The molecule has 0 saturated carbocycles. The highest BCUT2D eigenvalue weighted by atomic mass is 32.2. The fourth-order valence-electron chi connectivity index (χ4n) is 0.922. The number of nitrogens with zero attached hydrogens (tertiary/aromatic N) is 1. The zero-order valence-corrected chi connectivity index (χ0v) is 9.37. The van der Waals surface area contributed by atoms with E-state index >= 15 is 0 Å². The van der Waals surface area contributed by atoms with E-state index in [4.69, 9.17) is 0 Å². The first-order valence-electron chi connectivity index (χ1n) is 4.13. The second kappa shape index (κ2) is 4.42. The highest BCUT2D eigenvalue weighted by Gasteiger charge is 2.27. The van der Waals surface area contributed by atoms with Crippen molar-refractivity contribution in [3.05, 3.63) is 0 Å². The number of carbonyl (C=O) groups is 1. The Morgan fingerprint density at radius 1 is 1.42 bits per heavy atom. The molecule has 12 heavy (non-hydrogen) atoms. The number of hydrogen-bond acceptors (Lipinski definition) is 3. The van der Waals surface area contributed by atoms with Gasteiger partial charge in [0.15, 0.2) is 0 Å². The predicted molar refractivity (Wildman–Crippen MR) is 56.6 cm³/mol. The quantitative estimate of drug-likeness (QED) is 0.684. The molecular formula is C8H15NOS2. The van der Waals surface area contributed by atoms with Crippen molar-refractivity contribution in [2.24, 2.45) is 0 Å². The van der Waals surface area contributed by atoms with Crippen LogP contribution in [0, 0.1) is 0 Å². The summed E-state index contributed by atoms with van der Waals surface area (Å²) in [4.78, 5) is 13.5. The average molecular weight is 205 g/mol. The van der Waals surface area contributed by atoms with Gasteiger partial charge in [0.2, 0.25) is 5.91 Å². The van der Waals surface area contributed by atoms with Gasteiger partial charge in [0.1, 0.15) is 4.58 Å². The SMILES string of the molecule is CC(C)N(C)C(=O)C1SCCS1. The molecule has 0 aromatic heterocycles. The molecule has 1 rings (SSSR count). The topological polar surface area (TPSA) is 20.3 Å². The van der Waals surface area contributed by atoms with E-state index in [1.165, 1.54) is 0 Å². The van der Waals surface area contributed by atoms with Gasteiger partial charge in [-0.2, -0.15) is 0 Å². The summed E-state index contributed by atoms with van der Waals surface area (Å²) in [5.41, 5.74) is 0. The lowest BCUT2D eigenvalue weighted by atomic mass is 10.3. The van der Waals surface area contributed by atoms with Crippen LogP contribution in [0.4, 0.5) is 0 Å². The van der Waals surface area contributed by atoms with E-state index in [0.29, 0.717) is 6.04 Å². The first-order valence-corrected chi connectivity index (χ1v) is 6.22. The number of hydrogen-bond donors (Lipinski definition) is 0. The van der Waals surface area contributed by atoms with E-state index in [2.05, 4.69) is 0 Å². The van der Waals surface area contributed by atoms with Gasteiger partial charge in [-0.05, 0) is 13.8 Å². The van der Waals surface area contributed by atoms with Crippen LogP contribution in [0.5, 0.6) is 0 Å². The van der Waals surface area contributed by atoms with Gasteiger partial charge in [0.25, 0.3) is 0 Å². The lowest BCUT2D eigenvalue weighted by molar-refractivity contribution is -0.129. The molecule has 0 N–H and O–H groups in total. The van der Waals surface area contributed by atoms with Gasteiger partial charge < -0.3 is 4.90 Å². The van der Waals surface area contributed by atoms with Crippen molar-refractivity contribution in [2.45, 2.75) is 24.5 Å². The minimum atomic E-state index is 0.164. The molecule has 2 nitrogen and oxygen atoms in total. The van der Waals surface area contributed by atoms with Gasteiger partial charge in [0, 0.05) is 24.6 Å². The van der Waals surface area contributed by atoms with Crippen LogP contribution in [0.2, 0.25) is 0 Å². The Labute approximate surface area is 82.5 Å². The van der Waals surface area contributed by atoms with Crippen LogP contribution in [0.1, 0.15) is 13.8 Å². The molecule has 1 aliphatic heterocycles. The number of thioether (sulfide) groups is 2. The third-order valence-electron chi connectivity index (χ3n) is 1.95. The molecule has 0 aromatic carbocycles. The van der Waals surface area contributed by atoms with E-state index in [1.807, 2.05) is 25.8 Å². The first-order chi connectivity index (χ1) is 5.63. The molecular weight excluding hydrogens is 190 g/mol. The van der Waals surface area contributed by atoms with Gasteiger partial charge in [-0.3, -0.25) is 4.79 Å². The van der Waals surface area contributed by atoms with Crippen molar-refractivity contribution < 1.29 is 4.79 Å². The number of carbonyl (C=O) groups excluding carboxylic acids is 1. The molecule has 1 heterocycles. The van der Waals surface area contributed by atoms with Crippen LogP contribution >= 0.6 is 23.5 Å². The Hall–Kier alpha value is 0.170. The zero-order chi connectivity index (χ0) is 9.14. The molecule has 70 valence electrons. The largest absolute Gasteiger partial charge is 0.342 e. The molecule has 0 aliphatic carbocycles. The summed E-state index contributed by atoms with van der Waals surface area (Å²) in [7, 11) is 1.88. The van der Waals surface area contributed by atoms with E-state index in [9.17, 15) is 4.79 Å². The van der Waals surface area contributed by atoms with Gasteiger partial charge in [-0.25, -0.2) is 0 Å². The first kappa shape index (κ1) is 10.3. The van der Waals surface area contributed by atoms with E-state index in [1.54, 1.807) is 23.5 Å². The number of rotatable bonds is 2. The number of amides is 1. The molecule has 4 heteroatoms. The Balaban J connectivity index is 2.45. The highest BCUT2D eigenvalue weighted by molar-refractivity contribution is 8.21. The average Bonchev–Trinajstić information content (AvgIpc) is 2.53. The molecule has 1 aliphatic rings. The van der Waals surface area contributed by atoms with Crippen molar-refractivity contribution in [3.8, 4) is 0 Å². The van der Waals surface area contributed by atoms with Crippen molar-refractivity contribution >= 4 is 29.4 Å². The normalized spacial score (nSPS) is 18.7. The lowest BCUT2D eigenvalue weighted by Gasteiger charge is -2.23. The Morgan fingerprint density at radius 2 is 1.92 bits per heavy atom. The monoisotopic (exact) mass is 205 g/mol. The highest BCUT2D eigenvalue weighted by Crippen LogP contribution is 2.33. The van der Waals surface area contributed by atoms with Crippen LogP contribution < -0.4 is 0 Å². The second-order valence-electron chi connectivity index (χ2n) is 3.12. The molecule has 0 aromatic rings. The molecule has 1 saturated heterocycles. The van der Waals surface area contributed by atoms with Crippen molar-refractivity contribution in [1.82, 2.24) is 4.90 Å². The fraction of sp³-hybridized carbons (Fsp3) is 0.875. The summed E-state index contributed by atoms with van der Waals surface area (Å²) in [6.45, 7) is 4.09. The Kier molecular flexibility index (Phi) is 3.77. The van der Waals surface area contributed by atoms with Gasteiger partial charge in [-0.1, -0.05) is 0 Å². The fourth-order valence-corrected chi connectivity index (χ4v) is 3.70. The van der Waals surface area contributed by atoms with Gasteiger partial charge >= 0.3 is 0 Å². The van der Waals surface area contributed by atoms with Crippen LogP contribution in [0.3, 0.4) is 0 Å². The van der Waals surface area contributed by atoms with Crippen LogP contribution in [0.25, 0.3) is 0 Å². The summed E-state index contributed by atoms with van der Waals surface area (Å²) in [5.74, 6) is 2.51. The molecule has 1 fully saturated rings. The summed E-state index contributed by atoms with van der Waals surface area (Å²) in [6.07, 6.45) is 0. The second-order valence-corrected chi connectivity index (χ2v) is 5.84. The van der Waals surface area contributed by atoms with Crippen LogP contribution in [-0.4, -0.2) is 40.0 Å². The zero-order valence-electron chi connectivity index (χ0n) is 7.74. The van der Waals surface area contributed by atoms with Gasteiger partial charge in [0.05, 0.1) is 0 Å². The molecule has 0 unspecified atom stereocenters. The molecule has 0 radical (unpaired) electrons. The maximum absolute atomic E-state index is 11.7. The van der Waals surface area contributed by atoms with E-state index in [-0.39, 0.29) is 10.5 Å². The molecule has 0 bridgehead atoms. The molecule has 0 atom stereocenters. The van der Waals surface area contributed by atoms with Gasteiger partial charge in [-0.15, -0.1) is 23.5 Å². The van der Waals surface area contributed by atoms with Crippen molar-refractivity contribution in [2.75, 3.05) is 18.6 Å². The minimum Gasteiger partial charge on any atom is -0.342 e. The third-order valence-corrected chi connectivity index (χ3v) is 4.91. The lowest BCUT2D eigenvalue weighted by Crippen LogP contribution is -2.37. The van der Waals surface area contributed by atoms with Crippen LogP contribution in [0.15, 0.2) is 0 Å². The molecule has 1 amide bonds. The van der Waals surface area contributed by atoms with Crippen LogP contribution in [-0.2, 0) is 4.79 Å². The van der Waals surface area contributed by atoms with Crippen molar-refractivity contribution in [3.63, 3.8) is 0 Å². The maximum atomic E-state index is 11.7.